The lowest BCUT2D eigenvalue weighted by Gasteiger charge is -2.18. The number of carbonyl (C=O) groups excluding carboxylic acids is 4. The Labute approximate surface area is 245 Å². The van der Waals surface area contributed by atoms with E-state index < -0.39 is 48.9 Å². The van der Waals surface area contributed by atoms with Gasteiger partial charge in [-0.1, -0.05) is 38.5 Å². The van der Waals surface area contributed by atoms with Gasteiger partial charge in [0.1, 0.15) is 12.1 Å². The molecule has 11 nitrogen and oxygen atoms in total. The minimum atomic E-state index is -1.22. The maximum Gasteiger partial charge on any atom is 0.252 e. The maximum absolute atomic E-state index is 13.1. The number of amides is 4. The molecule has 0 heterocycles. The fourth-order valence-corrected chi connectivity index (χ4v) is 3.63. The van der Waals surface area contributed by atoms with Gasteiger partial charge in [-0.3, -0.25) is 19.2 Å². The average Bonchev–Trinajstić information content (AvgIpc) is 3.01. The minimum Gasteiger partial charge on any atom is -0.394 e. The third kappa shape index (κ3) is 10.7. The van der Waals surface area contributed by atoms with Gasteiger partial charge in [-0.2, -0.15) is 5.26 Å². The molecule has 0 unspecified atom stereocenters. The lowest BCUT2D eigenvalue weighted by Crippen LogP contribution is -2.49. The number of nitriles is 1. The molecule has 2 rings (SSSR count). The summed E-state index contributed by atoms with van der Waals surface area (Å²) in [4.78, 5) is 51.1. The molecule has 0 aliphatic rings. The molecule has 0 saturated carbocycles. The topological polar surface area (TPSA) is 181 Å². The molecule has 0 fully saturated rings. The number of aliphatic hydroxyl groups excluding tert-OH is 2. The zero-order chi connectivity index (χ0) is 30.9. The van der Waals surface area contributed by atoms with Gasteiger partial charge in [0.15, 0.2) is 0 Å². The second-order valence-electron chi connectivity index (χ2n) is 9.44. The molecule has 11 heteroatoms. The van der Waals surface area contributed by atoms with Crippen molar-refractivity contribution in [3.05, 3.63) is 70.3 Å². The van der Waals surface area contributed by atoms with Crippen molar-refractivity contribution in [2.24, 2.45) is 0 Å². The van der Waals surface area contributed by atoms with E-state index in [1.54, 1.807) is 24.3 Å². The van der Waals surface area contributed by atoms with Gasteiger partial charge in [-0.15, -0.1) is 0 Å². The first-order chi connectivity index (χ1) is 20.3. The smallest absolute Gasteiger partial charge is 0.252 e. The zero-order valence-corrected chi connectivity index (χ0v) is 23.8. The summed E-state index contributed by atoms with van der Waals surface area (Å²) in [5.41, 5.74) is 1.30. The molecule has 0 aromatic heterocycles. The molecule has 0 radical (unpaired) electrons. The Bertz CT molecular complexity index is 1280. The lowest BCUT2D eigenvalue weighted by atomic mass is 10.0. The summed E-state index contributed by atoms with van der Waals surface area (Å²) in [7, 11) is 0. The van der Waals surface area contributed by atoms with Gasteiger partial charge in [-0.05, 0) is 55.3 Å². The zero-order valence-electron chi connectivity index (χ0n) is 23.8. The van der Waals surface area contributed by atoms with Crippen molar-refractivity contribution in [3.63, 3.8) is 0 Å². The number of aliphatic hydroxyl groups is 2. The van der Waals surface area contributed by atoms with Crippen LogP contribution >= 0.6 is 0 Å². The molecule has 0 aliphatic carbocycles. The number of hydrogen-bond acceptors (Lipinski definition) is 7. The standard InChI is InChI=1S/C31H37N5O6/c1-3-5-13-33-30(41)26(19-37)35-28(39)24-15-23(12-9-21-7-10-22(18-32)11-8-21)16-25(17-24)29(40)36-27(20-38)31(42)34-14-6-4-2/h7-8,10-11,15-17,26-27,37-38H,3-6,13-14,19-20H2,1-2H3,(H,33,41)(H,34,42)(H,35,39)(H,36,40)/t26-,27-/m0/s1. The molecule has 0 saturated heterocycles. The SMILES string of the molecule is CCCCNC(=O)[C@H](CO)NC(=O)c1cc(C#Cc2ccc(C#N)cc2)cc(C(=O)N[C@@H](CO)C(=O)NCCCC)c1. The number of benzene rings is 2. The summed E-state index contributed by atoms with van der Waals surface area (Å²) in [5.74, 6) is 3.24. The summed E-state index contributed by atoms with van der Waals surface area (Å²) in [6.07, 6.45) is 3.19. The molecule has 2 atom stereocenters. The Morgan fingerprint density at radius 1 is 0.714 bits per heavy atom. The van der Waals surface area contributed by atoms with Crippen LogP contribution in [0.25, 0.3) is 0 Å². The summed E-state index contributed by atoms with van der Waals surface area (Å²) < 4.78 is 0. The highest BCUT2D eigenvalue weighted by Crippen LogP contribution is 2.12. The van der Waals surface area contributed by atoms with E-state index in [4.69, 9.17) is 5.26 Å². The van der Waals surface area contributed by atoms with E-state index in [0.717, 1.165) is 25.7 Å². The van der Waals surface area contributed by atoms with Crippen molar-refractivity contribution >= 4 is 23.6 Å². The van der Waals surface area contributed by atoms with Gasteiger partial charge < -0.3 is 31.5 Å². The van der Waals surface area contributed by atoms with Crippen LogP contribution in [0.15, 0.2) is 42.5 Å². The van der Waals surface area contributed by atoms with E-state index >= 15 is 0 Å². The predicted molar refractivity (Wildman–Crippen MR) is 156 cm³/mol. The van der Waals surface area contributed by atoms with Crippen LogP contribution in [0.4, 0.5) is 0 Å². The molecular formula is C31H37N5O6. The van der Waals surface area contributed by atoms with E-state index in [-0.39, 0.29) is 16.7 Å². The highest BCUT2D eigenvalue weighted by Gasteiger charge is 2.23. The Kier molecular flexibility index (Phi) is 14.3. The Morgan fingerprint density at radius 2 is 1.14 bits per heavy atom. The fourth-order valence-electron chi connectivity index (χ4n) is 3.63. The molecule has 2 aromatic rings. The van der Waals surface area contributed by atoms with Crippen molar-refractivity contribution in [1.82, 2.24) is 21.3 Å². The van der Waals surface area contributed by atoms with Crippen molar-refractivity contribution < 1.29 is 29.4 Å². The van der Waals surface area contributed by atoms with Crippen molar-refractivity contribution in [2.45, 2.75) is 51.6 Å². The normalized spacial score (nSPS) is 11.6. The van der Waals surface area contributed by atoms with Crippen LogP contribution in [-0.2, 0) is 9.59 Å². The average molecular weight is 576 g/mol. The molecule has 222 valence electrons. The van der Waals surface area contributed by atoms with Crippen LogP contribution in [-0.4, -0.2) is 72.2 Å². The first-order valence-corrected chi connectivity index (χ1v) is 13.8. The largest absolute Gasteiger partial charge is 0.394 e. The van der Waals surface area contributed by atoms with E-state index in [0.29, 0.717) is 24.2 Å². The van der Waals surface area contributed by atoms with Crippen LogP contribution in [0.3, 0.4) is 0 Å². The van der Waals surface area contributed by atoms with Gasteiger partial charge in [0, 0.05) is 35.3 Å². The van der Waals surface area contributed by atoms with Gasteiger partial charge >= 0.3 is 0 Å². The van der Waals surface area contributed by atoms with E-state index in [9.17, 15) is 29.4 Å². The third-order valence-corrected chi connectivity index (χ3v) is 6.09. The number of rotatable bonds is 14. The molecular weight excluding hydrogens is 538 g/mol. The number of hydrogen-bond donors (Lipinski definition) is 6. The van der Waals surface area contributed by atoms with E-state index in [1.807, 2.05) is 19.9 Å². The third-order valence-electron chi connectivity index (χ3n) is 6.09. The summed E-state index contributed by atoms with van der Waals surface area (Å²) in [6, 6.07) is 10.2. The highest BCUT2D eigenvalue weighted by atomic mass is 16.3. The van der Waals surface area contributed by atoms with Crippen LogP contribution in [0.1, 0.15) is 76.9 Å². The van der Waals surface area contributed by atoms with Gasteiger partial charge in [-0.25, -0.2) is 0 Å². The Hall–Kier alpha value is -4.71. The van der Waals surface area contributed by atoms with Crippen LogP contribution in [0.2, 0.25) is 0 Å². The number of carbonyl (C=O) groups is 4. The van der Waals surface area contributed by atoms with Crippen LogP contribution in [0, 0.1) is 23.2 Å². The molecule has 42 heavy (non-hydrogen) atoms. The Balaban J connectivity index is 2.37. The first kappa shape index (κ1) is 33.5. The fraction of sp³-hybridized carbons (Fsp3) is 0.387. The summed E-state index contributed by atoms with van der Waals surface area (Å²) in [6.45, 7) is 3.43. The second-order valence-corrected chi connectivity index (χ2v) is 9.44. The van der Waals surface area contributed by atoms with Crippen LogP contribution < -0.4 is 21.3 Å². The summed E-state index contributed by atoms with van der Waals surface area (Å²) >= 11 is 0. The highest BCUT2D eigenvalue weighted by molar-refractivity contribution is 6.02. The predicted octanol–water partition coefficient (Wildman–Crippen LogP) is 0.972. The summed E-state index contributed by atoms with van der Waals surface area (Å²) in [5, 5.41) is 38.7. The van der Waals surface area contributed by atoms with Crippen LogP contribution in [0.5, 0.6) is 0 Å². The second kappa shape index (κ2) is 17.9. The van der Waals surface area contributed by atoms with Gasteiger partial charge in [0.05, 0.1) is 24.8 Å². The molecule has 6 N–H and O–H groups in total. The molecule has 2 aromatic carbocycles. The monoisotopic (exact) mass is 575 g/mol. The lowest BCUT2D eigenvalue weighted by molar-refractivity contribution is -0.124. The molecule has 4 amide bonds. The van der Waals surface area contributed by atoms with Gasteiger partial charge in [0.25, 0.3) is 11.8 Å². The van der Waals surface area contributed by atoms with Crippen molar-refractivity contribution in [3.8, 4) is 17.9 Å². The quantitative estimate of drug-likeness (QED) is 0.143. The Morgan fingerprint density at radius 3 is 1.55 bits per heavy atom. The maximum atomic E-state index is 13.1. The minimum absolute atomic E-state index is 0.0143. The molecule has 0 bridgehead atoms. The first-order valence-electron chi connectivity index (χ1n) is 13.8. The van der Waals surface area contributed by atoms with Crippen molar-refractivity contribution in [2.75, 3.05) is 26.3 Å². The van der Waals surface area contributed by atoms with E-state index in [1.165, 1.54) is 18.2 Å². The van der Waals surface area contributed by atoms with Gasteiger partial charge in [0.2, 0.25) is 11.8 Å². The number of nitrogens with one attached hydrogen (secondary N) is 4. The molecule has 0 aliphatic heterocycles. The number of unbranched alkanes of at least 4 members (excludes halogenated alkanes) is 2. The van der Waals surface area contributed by atoms with Crippen molar-refractivity contribution in [1.29, 1.82) is 5.26 Å². The molecule has 0 spiro atoms. The number of nitrogens with zero attached hydrogens (tertiary/aromatic N) is 1. The van der Waals surface area contributed by atoms with E-state index in [2.05, 4.69) is 33.1 Å².